The molecule has 0 radical (unpaired) electrons. The summed E-state index contributed by atoms with van der Waals surface area (Å²) < 4.78 is 0. The summed E-state index contributed by atoms with van der Waals surface area (Å²) in [6.45, 7) is 4.08. The van der Waals surface area contributed by atoms with Gasteiger partial charge in [-0.1, -0.05) is 29.3 Å². The van der Waals surface area contributed by atoms with Crippen LogP contribution in [0.2, 0.25) is 0 Å². The van der Waals surface area contributed by atoms with Crippen molar-refractivity contribution < 1.29 is 4.79 Å². The van der Waals surface area contributed by atoms with Crippen molar-refractivity contribution in [1.29, 1.82) is 0 Å². The standard InChI is InChI=1S/C9H16BrNO/c1-2-8-6-9(12)11(7-8)5-3-4-10/h8H,2-7H2,1H3. The van der Waals surface area contributed by atoms with E-state index in [1.807, 2.05) is 4.90 Å². The number of alkyl halides is 1. The normalized spacial score (nSPS) is 23.7. The second kappa shape index (κ2) is 4.85. The topological polar surface area (TPSA) is 20.3 Å². The molecule has 1 saturated heterocycles. The fourth-order valence-electron chi connectivity index (χ4n) is 1.59. The summed E-state index contributed by atoms with van der Waals surface area (Å²) in [4.78, 5) is 13.4. The maximum absolute atomic E-state index is 11.4. The van der Waals surface area contributed by atoms with Crippen LogP contribution in [0.5, 0.6) is 0 Å². The van der Waals surface area contributed by atoms with Crippen LogP contribution in [0.4, 0.5) is 0 Å². The third-order valence-corrected chi connectivity index (χ3v) is 2.99. The Balaban J connectivity index is 2.31. The molecule has 0 N–H and O–H groups in total. The third kappa shape index (κ3) is 2.47. The molecule has 0 aromatic carbocycles. The lowest BCUT2D eigenvalue weighted by atomic mass is 10.1. The number of amides is 1. The van der Waals surface area contributed by atoms with E-state index in [2.05, 4.69) is 22.9 Å². The van der Waals surface area contributed by atoms with Gasteiger partial charge in [0.05, 0.1) is 0 Å². The smallest absolute Gasteiger partial charge is 0.222 e. The van der Waals surface area contributed by atoms with Gasteiger partial charge in [0.1, 0.15) is 0 Å². The zero-order valence-corrected chi connectivity index (χ0v) is 9.14. The molecular weight excluding hydrogens is 218 g/mol. The molecule has 1 heterocycles. The average molecular weight is 234 g/mol. The van der Waals surface area contributed by atoms with Crippen LogP contribution in [-0.2, 0) is 4.79 Å². The van der Waals surface area contributed by atoms with Crippen LogP contribution >= 0.6 is 15.9 Å². The highest BCUT2D eigenvalue weighted by Crippen LogP contribution is 2.20. The molecule has 0 spiro atoms. The highest BCUT2D eigenvalue weighted by atomic mass is 79.9. The van der Waals surface area contributed by atoms with Gasteiger partial charge in [-0.15, -0.1) is 0 Å². The predicted octanol–water partition coefficient (Wildman–Crippen LogP) is 2.03. The summed E-state index contributed by atoms with van der Waals surface area (Å²) in [7, 11) is 0. The number of carbonyl (C=O) groups is 1. The molecule has 3 heteroatoms. The van der Waals surface area contributed by atoms with Crippen LogP contribution in [-0.4, -0.2) is 29.2 Å². The zero-order chi connectivity index (χ0) is 8.97. The Labute approximate surface area is 82.4 Å². The van der Waals surface area contributed by atoms with Crippen LogP contribution in [0.25, 0.3) is 0 Å². The molecule has 12 heavy (non-hydrogen) atoms. The molecule has 0 aromatic heterocycles. The number of nitrogens with zero attached hydrogens (tertiary/aromatic N) is 1. The van der Waals surface area contributed by atoms with E-state index in [1.54, 1.807) is 0 Å². The van der Waals surface area contributed by atoms with Crippen molar-refractivity contribution in [2.24, 2.45) is 5.92 Å². The van der Waals surface area contributed by atoms with Crippen LogP contribution in [0, 0.1) is 5.92 Å². The summed E-state index contributed by atoms with van der Waals surface area (Å²) in [6, 6.07) is 0. The van der Waals surface area contributed by atoms with Crippen molar-refractivity contribution in [3.8, 4) is 0 Å². The monoisotopic (exact) mass is 233 g/mol. The minimum absolute atomic E-state index is 0.350. The van der Waals surface area contributed by atoms with Gasteiger partial charge >= 0.3 is 0 Å². The maximum atomic E-state index is 11.4. The van der Waals surface area contributed by atoms with E-state index >= 15 is 0 Å². The average Bonchev–Trinajstić information content (AvgIpc) is 2.43. The van der Waals surface area contributed by atoms with Gasteiger partial charge in [-0.2, -0.15) is 0 Å². The minimum atomic E-state index is 0.350. The van der Waals surface area contributed by atoms with Crippen molar-refractivity contribution in [1.82, 2.24) is 4.90 Å². The van der Waals surface area contributed by atoms with E-state index < -0.39 is 0 Å². The summed E-state index contributed by atoms with van der Waals surface area (Å²) in [5.74, 6) is 0.968. The second-order valence-corrected chi connectivity index (χ2v) is 4.15. The summed E-state index contributed by atoms with van der Waals surface area (Å²) in [6.07, 6.45) is 2.98. The minimum Gasteiger partial charge on any atom is -0.342 e. The Hall–Kier alpha value is -0.0500. The number of hydrogen-bond donors (Lipinski definition) is 0. The van der Waals surface area contributed by atoms with Gasteiger partial charge in [-0.3, -0.25) is 4.79 Å². The highest BCUT2D eigenvalue weighted by Gasteiger charge is 2.27. The number of likely N-dealkylation sites (tertiary alicyclic amines) is 1. The summed E-state index contributed by atoms with van der Waals surface area (Å²) >= 11 is 3.37. The Kier molecular flexibility index (Phi) is 4.06. The molecular formula is C9H16BrNO. The van der Waals surface area contributed by atoms with E-state index in [-0.39, 0.29) is 0 Å². The first kappa shape index (κ1) is 10.0. The van der Waals surface area contributed by atoms with E-state index in [9.17, 15) is 4.79 Å². The second-order valence-electron chi connectivity index (χ2n) is 3.36. The maximum Gasteiger partial charge on any atom is 0.222 e. The van der Waals surface area contributed by atoms with E-state index in [0.29, 0.717) is 11.8 Å². The lowest BCUT2D eigenvalue weighted by Crippen LogP contribution is -2.26. The molecule has 2 nitrogen and oxygen atoms in total. The molecule has 1 fully saturated rings. The van der Waals surface area contributed by atoms with E-state index in [1.165, 1.54) is 0 Å². The van der Waals surface area contributed by atoms with Gasteiger partial charge < -0.3 is 4.90 Å². The molecule has 0 saturated carbocycles. The molecule has 1 atom stereocenters. The molecule has 1 aliphatic rings. The quantitative estimate of drug-likeness (QED) is 0.681. The van der Waals surface area contributed by atoms with Gasteiger partial charge in [0.15, 0.2) is 0 Å². The zero-order valence-electron chi connectivity index (χ0n) is 7.55. The predicted molar refractivity (Wildman–Crippen MR) is 53.4 cm³/mol. The lowest BCUT2D eigenvalue weighted by molar-refractivity contribution is -0.127. The van der Waals surface area contributed by atoms with Gasteiger partial charge in [0, 0.05) is 24.8 Å². The van der Waals surface area contributed by atoms with Gasteiger partial charge in [-0.25, -0.2) is 0 Å². The third-order valence-electron chi connectivity index (χ3n) is 2.43. The lowest BCUT2D eigenvalue weighted by Gasteiger charge is -2.14. The number of rotatable bonds is 4. The van der Waals surface area contributed by atoms with Crippen LogP contribution < -0.4 is 0 Å². The Morgan fingerprint density at radius 2 is 2.42 bits per heavy atom. The van der Waals surface area contributed by atoms with Crippen molar-refractivity contribution >= 4 is 21.8 Å². The molecule has 1 rings (SSSR count). The van der Waals surface area contributed by atoms with Crippen LogP contribution in [0.1, 0.15) is 26.2 Å². The van der Waals surface area contributed by atoms with Gasteiger partial charge in [-0.05, 0) is 12.3 Å². The molecule has 0 aromatic rings. The fraction of sp³-hybridized carbons (Fsp3) is 0.889. The summed E-state index contributed by atoms with van der Waals surface area (Å²) in [5.41, 5.74) is 0. The summed E-state index contributed by atoms with van der Waals surface area (Å²) in [5, 5.41) is 0.994. The van der Waals surface area contributed by atoms with Gasteiger partial charge in [0.25, 0.3) is 0 Å². The van der Waals surface area contributed by atoms with Crippen LogP contribution in [0.3, 0.4) is 0 Å². The van der Waals surface area contributed by atoms with E-state index in [0.717, 1.165) is 37.7 Å². The van der Waals surface area contributed by atoms with Crippen molar-refractivity contribution in [3.63, 3.8) is 0 Å². The number of hydrogen-bond acceptors (Lipinski definition) is 1. The van der Waals surface area contributed by atoms with Gasteiger partial charge in [0.2, 0.25) is 5.91 Å². The van der Waals surface area contributed by atoms with Crippen molar-refractivity contribution in [2.45, 2.75) is 26.2 Å². The highest BCUT2D eigenvalue weighted by molar-refractivity contribution is 9.09. The Bertz CT molecular complexity index is 161. The largest absolute Gasteiger partial charge is 0.342 e. The molecule has 0 aliphatic carbocycles. The molecule has 70 valence electrons. The molecule has 1 aliphatic heterocycles. The van der Waals surface area contributed by atoms with Crippen molar-refractivity contribution in [3.05, 3.63) is 0 Å². The molecule has 1 amide bonds. The molecule has 0 bridgehead atoms. The Morgan fingerprint density at radius 3 is 2.92 bits per heavy atom. The van der Waals surface area contributed by atoms with E-state index in [4.69, 9.17) is 0 Å². The first-order valence-corrected chi connectivity index (χ1v) is 5.73. The van der Waals surface area contributed by atoms with Crippen molar-refractivity contribution in [2.75, 3.05) is 18.4 Å². The number of halogens is 1. The first-order chi connectivity index (χ1) is 5.77. The SMILES string of the molecule is CCC1CC(=O)N(CCCBr)C1. The van der Waals surface area contributed by atoms with Crippen LogP contribution in [0.15, 0.2) is 0 Å². The Morgan fingerprint density at radius 1 is 1.67 bits per heavy atom. The fourth-order valence-corrected chi connectivity index (χ4v) is 1.84. The first-order valence-electron chi connectivity index (χ1n) is 4.61. The number of carbonyl (C=O) groups excluding carboxylic acids is 1. The molecule has 1 unspecified atom stereocenters.